The van der Waals surface area contributed by atoms with Crippen LogP contribution in [0.5, 0.6) is 0 Å². The van der Waals surface area contributed by atoms with Gasteiger partial charge in [-0.15, -0.1) is 0 Å². The number of anilines is 3. The SMILES string of the molecule is COC(=O)Nc1ccc(S(=O)(=O)C(C)C)c([C@H]2CCCN2C(=O)[C@@H](Nc2ccc3c(N)nccc3c2)c2ccccc2)c1. The van der Waals surface area contributed by atoms with Gasteiger partial charge in [-0.05, 0) is 85.7 Å². The summed E-state index contributed by atoms with van der Waals surface area (Å²) in [4.78, 5) is 32.4. The molecule has 224 valence electrons. The van der Waals surface area contributed by atoms with E-state index in [4.69, 9.17) is 10.5 Å². The van der Waals surface area contributed by atoms with Crippen LogP contribution in [0.2, 0.25) is 0 Å². The number of nitrogen functional groups attached to an aromatic ring is 1. The lowest BCUT2D eigenvalue weighted by Gasteiger charge is -2.31. The number of methoxy groups -OCH3 is 1. The summed E-state index contributed by atoms with van der Waals surface area (Å²) >= 11 is 0. The van der Waals surface area contributed by atoms with Crippen molar-refractivity contribution >= 4 is 49.8 Å². The van der Waals surface area contributed by atoms with Crippen LogP contribution < -0.4 is 16.4 Å². The molecule has 0 bridgehead atoms. The molecule has 2 amide bonds. The number of sulfone groups is 1. The Morgan fingerprint density at radius 3 is 2.49 bits per heavy atom. The van der Waals surface area contributed by atoms with Gasteiger partial charge in [-0.3, -0.25) is 10.1 Å². The maximum atomic E-state index is 14.4. The van der Waals surface area contributed by atoms with Gasteiger partial charge in [-0.1, -0.05) is 30.3 Å². The fourth-order valence-corrected chi connectivity index (χ4v) is 6.77. The van der Waals surface area contributed by atoms with Gasteiger partial charge in [0.15, 0.2) is 9.84 Å². The number of nitrogens with zero attached hydrogens (tertiary/aromatic N) is 2. The minimum absolute atomic E-state index is 0.146. The van der Waals surface area contributed by atoms with Gasteiger partial charge in [-0.2, -0.15) is 0 Å². The smallest absolute Gasteiger partial charge is 0.411 e. The lowest BCUT2D eigenvalue weighted by molar-refractivity contribution is -0.133. The number of carbonyl (C=O) groups excluding carboxylic acids is 2. The third-order valence-corrected chi connectivity index (χ3v) is 9.98. The van der Waals surface area contributed by atoms with Crippen molar-refractivity contribution in [1.29, 1.82) is 0 Å². The molecule has 10 nitrogen and oxygen atoms in total. The van der Waals surface area contributed by atoms with Crippen molar-refractivity contribution < 1.29 is 22.7 Å². The van der Waals surface area contributed by atoms with E-state index in [-0.39, 0.29) is 10.8 Å². The summed E-state index contributed by atoms with van der Waals surface area (Å²) in [6, 6.07) is 20.3. The third kappa shape index (κ3) is 6.12. The molecular weight excluding hydrogens is 566 g/mol. The van der Waals surface area contributed by atoms with Gasteiger partial charge in [0.05, 0.1) is 23.3 Å². The summed E-state index contributed by atoms with van der Waals surface area (Å²) in [5.41, 5.74) is 8.38. The summed E-state index contributed by atoms with van der Waals surface area (Å²) < 4.78 is 31.7. The average molecular weight is 602 g/mol. The summed E-state index contributed by atoms with van der Waals surface area (Å²) in [7, 11) is -2.45. The minimum Gasteiger partial charge on any atom is -0.453 e. The summed E-state index contributed by atoms with van der Waals surface area (Å²) in [5.74, 6) is 0.234. The minimum atomic E-state index is -3.70. The van der Waals surface area contributed by atoms with E-state index >= 15 is 0 Å². The van der Waals surface area contributed by atoms with Crippen molar-refractivity contribution in [2.75, 3.05) is 30.0 Å². The van der Waals surface area contributed by atoms with Crippen molar-refractivity contribution in [2.45, 2.75) is 48.9 Å². The van der Waals surface area contributed by atoms with E-state index in [2.05, 4.69) is 15.6 Å². The predicted octanol–water partition coefficient (Wildman–Crippen LogP) is 5.69. The monoisotopic (exact) mass is 601 g/mol. The Balaban J connectivity index is 1.55. The molecule has 0 unspecified atom stereocenters. The van der Waals surface area contributed by atoms with E-state index in [1.54, 1.807) is 31.0 Å². The highest BCUT2D eigenvalue weighted by Crippen LogP contribution is 2.40. The first kappa shape index (κ1) is 29.8. The number of hydrogen-bond donors (Lipinski definition) is 3. The van der Waals surface area contributed by atoms with Crippen LogP contribution >= 0.6 is 0 Å². The zero-order valence-corrected chi connectivity index (χ0v) is 25.1. The molecule has 1 aliphatic rings. The molecule has 4 N–H and O–H groups in total. The van der Waals surface area contributed by atoms with E-state index in [0.29, 0.717) is 36.5 Å². The number of rotatable bonds is 8. The Morgan fingerprint density at radius 1 is 1.02 bits per heavy atom. The van der Waals surface area contributed by atoms with Gasteiger partial charge < -0.3 is 20.7 Å². The number of nitrogens with one attached hydrogen (secondary N) is 2. The molecule has 1 aliphatic heterocycles. The second kappa shape index (κ2) is 12.3. The molecule has 11 heteroatoms. The number of ether oxygens (including phenoxy) is 1. The number of fused-ring (bicyclic) bond motifs is 1. The average Bonchev–Trinajstić information content (AvgIpc) is 3.50. The molecule has 0 radical (unpaired) electrons. The number of likely N-dealkylation sites (tertiary alicyclic amines) is 1. The highest BCUT2D eigenvalue weighted by Gasteiger charge is 2.38. The lowest BCUT2D eigenvalue weighted by Crippen LogP contribution is -2.38. The molecule has 0 spiro atoms. The summed E-state index contributed by atoms with van der Waals surface area (Å²) in [6.07, 6.45) is 2.22. The van der Waals surface area contributed by atoms with Gasteiger partial charge >= 0.3 is 6.09 Å². The van der Waals surface area contributed by atoms with Crippen molar-refractivity contribution in [1.82, 2.24) is 9.88 Å². The molecule has 5 rings (SSSR count). The Morgan fingerprint density at radius 2 is 1.77 bits per heavy atom. The van der Waals surface area contributed by atoms with Crippen molar-refractivity contribution in [3.05, 3.63) is 90.1 Å². The Kier molecular flexibility index (Phi) is 8.54. The van der Waals surface area contributed by atoms with Crippen molar-refractivity contribution in [3.63, 3.8) is 0 Å². The lowest BCUT2D eigenvalue weighted by atomic mass is 10.0. The van der Waals surface area contributed by atoms with E-state index in [1.165, 1.54) is 19.2 Å². The first-order valence-corrected chi connectivity index (χ1v) is 15.6. The molecule has 4 aromatic rings. The summed E-state index contributed by atoms with van der Waals surface area (Å²) in [6.45, 7) is 3.70. The molecule has 3 aromatic carbocycles. The topological polar surface area (TPSA) is 144 Å². The zero-order valence-electron chi connectivity index (χ0n) is 24.3. The number of nitrogens with two attached hydrogens (primary N) is 1. The van der Waals surface area contributed by atoms with Crippen LogP contribution in [0.4, 0.5) is 22.0 Å². The second-order valence-corrected chi connectivity index (χ2v) is 13.2. The summed E-state index contributed by atoms with van der Waals surface area (Å²) in [5, 5.41) is 7.07. The van der Waals surface area contributed by atoms with Crippen LogP contribution in [-0.2, 0) is 19.4 Å². The predicted molar refractivity (Wildman–Crippen MR) is 167 cm³/mol. The number of pyridine rings is 1. The first-order valence-electron chi connectivity index (χ1n) is 14.1. The Labute approximate surface area is 251 Å². The van der Waals surface area contributed by atoms with E-state index in [1.807, 2.05) is 54.6 Å². The fourth-order valence-electron chi connectivity index (χ4n) is 5.48. The van der Waals surface area contributed by atoms with E-state index in [0.717, 1.165) is 22.0 Å². The first-order chi connectivity index (χ1) is 20.6. The van der Waals surface area contributed by atoms with Crippen LogP contribution in [0.25, 0.3) is 10.8 Å². The molecule has 0 saturated carbocycles. The van der Waals surface area contributed by atoms with Gasteiger partial charge in [-0.25, -0.2) is 18.2 Å². The maximum absolute atomic E-state index is 14.4. The van der Waals surface area contributed by atoms with Crippen molar-refractivity contribution in [3.8, 4) is 0 Å². The largest absolute Gasteiger partial charge is 0.453 e. The number of benzene rings is 3. The standard InChI is InChI=1S/C32H35N5O5S/c1-20(2)43(40,41)28-14-12-24(36-32(39)42-3)19-26(28)27-10-7-17-37(27)31(38)29(21-8-5-4-6-9-21)35-23-11-13-25-22(18-23)15-16-34-30(25)33/h4-6,8-9,11-16,18-20,27,29,35H,7,10,17H2,1-3H3,(H2,33,34)(H,36,39)/t27-,29+/m1/s1. The number of aromatic nitrogens is 1. The molecule has 0 aliphatic carbocycles. The normalized spacial score (nSPS) is 15.8. The zero-order chi connectivity index (χ0) is 30.7. The Hall–Kier alpha value is -4.64. The van der Waals surface area contributed by atoms with Crippen molar-refractivity contribution in [2.24, 2.45) is 0 Å². The van der Waals surface area contributed by atoms with Crippen LogP contribution in [-0.4, -0.2) is 49.2 Å². The van der Waals surface area contributed by atoms with Crippen LogP contribution in [0, 0.1) is 0 Å². The molecule has 1 fully saturated rings. The maximum Gasteiger partial charge on any atom is 0.411 e. The molecule has 2 atom stereocenters. The fraction of sp³-hybridized carbons (Fsp3) is 0.281. The molecule has 1 aromatic heterocycles. The number of carbonyl (C=O) groups is 2. The highest BCUT2D eigenvalue weighted by molar-refractivity contribution is 7.92. The number of hydrogen-bond acceptors (Lipinski definition) is 8. The number of amides is 2. The van der Waals surface area contributed by atoms with E-state index < -0.39 is 33.3 Å². The van der Waals surface area contributed by atoms with E-state index in [9.17, 15) is 18.0 Å². The molecular formula is C32H35N5O5S. The molecule has 1 saturated heterocycles. The van der Waals surface area contributed by atoms with Crippen LogP contribution in [0.1, 0.15) is 49.9 Å². The quantitative estimate of drug-likeness (QED) is 0.234. The van der Waals surface area contributed by atoms with Gasteiger partial charge in [0.2, 0.25) is 5.91 Å². The van der Waals surface area contributed by atoms with Crippen LogP contribution in [0.15, 0.2) is 83.9 Å². The van der Waals surface area contributed by atoms with Gasteiger partial charge in [0.25, 0.3) is 0 Å². The highest BCUT2D eigenvalue weighted by atomic mass is 32.2. The van der Waals surface area contributed by atoms with Gasteiger partial charge in [0.1, 0.15) is 11.9 Å². The Bertz CT molecular complexity index is 1760. The molecule has 2 heterocycles. The van der Waals surface area contributed by atoms with Crippen LogP contribution in [0.3, 0.4) is 0 Å². The van der Waals surface area contributed by atoms with Gasteiger partial charge in [0, 0.05) is 29.5 Å². The molecule has 43 heavy (non-hydrogen) atoms. The third-order valence-electron chi connectivity index (χ3n) is 7.75. The second-order valence-electron chi connectivity index (χ2n) is 10.8.